The van der Waals surface area contributed by atoms with E-state index in [2.05, 4.69) is 5.32 Å². The number of sulfone groups is 1. The van der Waals surface area contributed by atoms with E-state index in [0.717, 1.165) is 0 Å². The van der Waals surface area contributed by atoms with Gasteiger partial charge in [-0.2, -0.15) is 0 Å². The van der Waals surface area contributed by atoms with Crippen molar-refractivity contribution in [1.29, 1.82) is 0 Å². The smallest absolute Gasteiger partial charge is 0.251 e. The Labute approximate surface area is 102 Å². The number of benzene rings is 1. The lowest BCUT2D eigenvalue weighted by molar-refractivity contribution is 0.0939. The highest BCUT2D eigenvalue weighted by atomic mass is 32.2. The molecule has 4 nitrogen and oxygen atoms in total. The highest BCUT2D eigenvalue weighted by molar-refractivity contribution is 7.90. The molecule has 1 N–H and O–H groups in total. The monoisotopic (exact) mass is 255 g/mol. The second kappa shape index (κ2) is 5.82. The maximum Gasteiger partial charge on any atom is 0.251 e. The van der Waals surface area contributed by atoms with Gasteiger partial charge in [0, 0.05) is 17.9 Å². The summed E-state index contributed by atoms with van der Waals surface area (Å²) in [7, 11) is -2.97. The number of rotatable bonds is 5. The van der Waals surface area contributed by atoms with Crippen molar-refractivity contribution in [2.45, 2.75) is 19.4 Å². The lowest BCUT2D eigenvalue weighted by Crippen LogP contribution is -2.33. The van der Waals surface area contributed by atoms with Gasteiger partial charge in [0.05, 0.1) is 5.75 Å². The predicted octanol–water partition coefficient (Wildman–Crippen LogP) is 1.24. The summed E-state index contributed by atoms with van der Waals surface area (Å²) >= 11 is 0. The Morgan fingerprint density at radius 2 is 1.88 bits per heavy atom. The molecule has 1 atom stereocenters. The number of carbonyl (C=O) groups excluding carboxylic acids is 1. The van der Waals surface area contributed by atoms with Crippen LogP contribution < -0.4 is 5.32 Å². The first-order chi connectivity index (χ1) is 7.88. The maximum absolute atomic E-state index is 11.7. The first-order valence-electron chi connectivity index (χ1n) is 5.42. The number of hydrogen-bond acceptors (Lipinski definition) is 3. The summed E-state index contributed by atoms with van der Waals surface area (Å²) in [4.78, 5) is 11.7. The molecule has 0 aliphatic rings. The van der Waals surface area contributed by atoms with Crippen LogP contribution in [0.5, 0.6) is 0 Å². The SMILES string of the molecule is C[C@@H](CCS(C)(=O)=O)NC(=O)c1ccccc1. The van der Waals surface area contributed by atoms with E-state index in [0.29, 0.717) is 12.0 Å². The third-order valence-corrected chi connectivity index (χ3v) is 3.31. The standard InChI is InChI=1S/C12H17NO3S/c1-10(8-9-17(2,15)16)13-12(14)11-6-4-3-5-7-11/h3-7,10H,8-9H2,1-2H3,(H,13,14)/t10-/m0/s1. The molecule has 0 aliphatic carbocycles. The van der Waals surface area contributed by atoms with Crippen molar-refractivity contribution in [2.75, 3.05) is 12.0 Å². The molecule has 5 heteroatoms. The second-order valence-electron chi connectivity index (χ2n) is 4.16. The topological polar surface area (TPSA) is 63.2 Å². The molecule has 0 aliphatic heterocycles. The van der Waals surface area contributed by atoms with E-state index in [1.807, 2.05) is 6.07 Å². The van der Waals surface area contributed by atoms with Crippen molar-refractivity contribution in [3.05, 3.63) is 35.9 Å². The second-order valence-corrected chi connectivity index (χ2v) is 6.42. The Hall–Kier alpha value is -1.36. The largest absolute Gasteiger partial charge is 0.350 e. The molecule has 1 rings (SSSR count). The van der Waals surface area contributed by atoms with Gasteiger partial charge in [0.1, 0.15) is 9.84 Å². The molecule has 94 valence electrons. The van der Waals surface area contributed by atoms with Gasteiger partial charge in [0.15, 0.2) is 0 Å². The maximum atomic E-state index is 11.7. The van der Waals surface area contributed by atoms with Crippen LogP contribution in [0.4, 0.5) is 0 Å². The Balaban J connectivity index is 2.47. The van der Waals surface area contributed by atoms with Crippen molar-refractivity contribution in [3.63, 3.8) is 0 Å². The normalized spacial score (nSPS) is 13.1. The van der Waals surface area contributed by atoms with Gasteiger partial charge in [-0.1, -0.05) is 18.2 Å². The minimum absolute atomic E-state index is 0.0865. The number of hydrogen-bond donors (Lipinski definition) is 1. The van der Waals surface area contributed by atoms with Crippen molar-refractivity contribution in [2.24, 2.45) is 0 Å². The summed E-state index contributed by atoms with van der Waals surface area (Å²) in [5.74, 6) is -0.0879. The van der Waals surface area contributed by atoms with Crippen LogP contribution in [0.15, 0.2) is 30.3 Å². The Morgan fingerprint density at radius 1 is 1.29 bits per heavy atom. The summed E-state index contributed by atoms with van der Waals surface area (Å²) < 4.78 is 22.0. The van der Waals surface area contributed by atoms with Crippen LogP contribution in [-0.4, -0.2) is 32.4 Å². The lowest BCUT2D eigenvalue weighted by Gasteiger charge is -2.13. The van der Waals surface area contributed by atoms with Crippen molar-refractivity contribution in [3.8, 4) is 0 Å². The zero-order chi connectivity index (χ0) is 12.9. The fourth-order valence-corrected chi connectivity index (χ4v) is 2.14. The first kappa shape index (κ1) is 13.7. The molecule has 0 bridgehead atoms. The van der Waals surface area contributed by atoms with E-state index in [9.17, 15) is 13.2 Å². The van der Waals surface area contributed by atoms with Crippen LogP contribution >= 0.6 is 0 Å². The Bertz CT molecular complexity index is 468. The molecular formula is C12H17NO3S. The summed E-state index contributed by atoms with van der Waals surface area (Å²) in [5, 5.41) is 2.77. The van der Waals surface area contributed by atoms with Gasteiger partial charge in [-0.05, 0) is 25.5 Å². The molecule has 0 fully saturated rings. The minimum atomic E-state index is -2.97. The molecule has 1 aromatic rings. The molecular weight excluding hydrogens is 238 g/mol. The summed E-state index contributed by atoms with van der Waals surface area (Å²) in [5.41, 5.74) is 0.582. The van der Waals surface area contributed by atoms with Gasteiger partial charge in [-0.3, -0.25) is 4.79 Å². The van der Waals surface area contributed by atoms with E-state index in [4.69, 9.17) is 0 Å². The zero-order valence-corrected chi connectivity index (χ0v) is 10.8. The van der Waals surface area contributed by atoms with Crippen LogP contribution in [0.25, 0.3) is 0 Å². The molecule has 0 aromatic heterocycles. The molecule has 0 spiro atoms. The average Bonchev–Trinajstić information content (AvgIpc) is 2.27. The van der Waals surface area contributed by atoms with Crippen LogP contribution in [-0.2, 0) is 9.84 Å². The third kappa shape index (κ3) is 5.49. The summed E-state index contributed by atoms with van der Waals surface area (Å²) in [6, 6.07) is 8.70. The van der Waals surface area contributed by atoms with Crippen molar-refractivity contribution < 1.29 is 13.2 Å². The average molecular weight is 255 g/mol. The van der Waals surface area contributed by atoms with E-state index in [1.54, 1.807) is 31.2 Å². The van der Waals surface area contributed by atoms with E-state index in [-0.39, 0.29) is 17.7 Å². The fourth-order valence-electron chi connectivity index (χ4n) is 1.36. The van der Waals surface area contributed by atoms with Crippen LogP contribution in [0.1, 0.15) is 23.7 Å². The number of amides is 1. The fraction of sp³-hybridized carbons (Fsp3) is 0.417. The zero-order valence-electron chi connectivity index (χ0n) is 10.0. The quantitative estimate of drug-likeness (QED) is 0.861. The summed E-state index contributed by atoms with van der Waals surface area (Å²) in [6.45, 7) is 1.80. The molecule has 1 amide bonds. The highest BCUT2D eigenvalue weighted by Gasteiger charge is 2.11. The Morgan fingerprint density at radius 3 is 2.41 bits per heavy atom. The molecule has 17 heavy (non-hydrogen) atoms. The van der Waals surface area contributed by atoms with Gasteiger partial charge in [-0.15, -0.1) is 0 Å². The van der Waals surface area contributed by atoms with Gasteiger partial charge < -0.3 is 5.32 Å². The Kier molecular flexibility index (Phi) is 4.69. The van der Waals surface area contributed by atoms with Gasteiger partial charge in [0.25, 0.3) is 5.91 Å². The van der Waals surface area contributed by atoms with Crippen molar-refractivity contribution in [1.82, 2.24) is 5.32 Å². The number of nitrogens with one attached hydrogen (secondary N) is 1. The van der Waals surface area contributed by atoms with E-state index in [1.165, 1.54) is 6.26 Å². The van der Waals surface area contributed by atoms with Crippen LogP contribution in [0.3, 0.4) is 0 Å². The van der Waals surface area contributed by atoms with E-state index >= 15 is 0 Å². The van der Waals surface area contributed by atoms with Crippen LogP contribution in [0.2, 0.25) is 0 Å². The number of carbonyl (C=O) groups is 1. The molecule has 0 saturated carbocycles. The van der Waals surface area contributed by atoms with Gasteiger partial charge in [0.2, 0.25) is 0 Å². The molecule has 1 aromatic carbocycles. The predicted molar refractivity (Wildman–Crippen MR) is 67.7 cm³/mol. The lowest BCUT2D eigenvalue weighted by atomic mass is 10.2. The van der Waals surface area contributed by atoms with E-state index < -0.39 is 9.84 Å². The molecule has 0 saturated heterocycles. The van der Waals surface area contributed by atoms with Gasteiger partial charge >= 0.3 is 0 Å². The van der Waals surface area contributed by atoms with Gasteiger partial charge in [-0.25, -0.2) is 8.42 Å². The van der Waals surface area contributed by atoms with Crippen molar-refractivity contribution >= 4 is 15.7 Å². The van der Waals surface area contributed by atoms with Crippen LogP contribution in [0, 0.1) is 0 Å². The molecule has 0 radical (unpaired) electrons. The summed E-state index contributed by atoms with van der Waals surface area (Å²) in [6.07, 6.45) is 1.62. The molecule has 0 heterocycles. The minimum Gasteiger partial charge on any atom is -0.350 e. The third-order valence-electron chi connectivity index (χ3n) is 2.34. The first-order valence-corrected chi connectivity index (χ1v) is 7.48. The molecule has 0 unspecified atom stereocenters. The highest BCUT2D eigenvalue weighted by Crippen LogP contribution is 2.01.